The van der Waals surface area contributed by atoms with Crippen LogP contribution in [0, 0.1) is 0 Å². The fourth-order valence-electron chi connectivity index (χ4n) is 1.77. The van der Waals surface area contributed by atoms with Gasteiger partial charge in [0.05, 0.1) is 16.0 Å². The van der Waals surface area contributed by atoms with Gasteiger partial charge in [0.1, 0.15) is 0 Å². The van der Waals surface area contributed by atoms with Crippen LogP contribution in [-0.4, -0.2) is 16.6 Å². The van der Waals surface area contributed by atoms with Crippen LogP contribution in [0.3, 0.4) is 0 Å². The summed E-state index contributed by atoms with van der Waals surface area (Å²) < 4.78 is 2.04. The molecule has 3 aromatic rings. The number of hydrogen-bond donors (Lipinski definition) is 1. The Balaban J connectivity index is 1.59. The van der Waals surface area contributed by atoms with E-state index in [0.717, 1.165) is 20.2 Å². The third-order valence-electron chi connectivity index (χ3n) is 2.73. The molecule has 3 nitrogen and oxygen atoms in total. The summed E-state index contributed by atoms with van der Waals surface area (Å²) in [6.45, 7) is 0. The van der Waals surface area contributed by atoms with Crippen molar-refractivity contribution in [2.24, 2.45) is 0 Å². The highest BCUT2D eigenvalue weighted by molar-refractivity contribution is 8.01. The summed E-state index contributed by atoms with van der Waals surface area (Å²) in [7, 11) is 0. The highest BCUT2D eigenvalue weighted by Gasteiger charge is 2.07. The van der Waals surface area contributed by atoms with E-state index in [0.29, 0.717) is 10.8 Å². The molecular weight excluding hydrogens is 324 g/mol. The number of fused-ring (bicyclic) bond motifs is 1. The fourth-order valence-corrected chi connectivity index (χ4v) is 3.76. The molecule has 0 aliphatic rings. The van der Waals surface area contributed by atoms with Gasteiger partial charge < -0.3 is 5.32 Å². The number of halogens is 1. The number of carbonyl (C=O) groups is 1. The van der Waals surface area contributed by atoms with Crippen molar-refractivity contribution in [3.8, 4) is 0 Å². The summed E-state index contributed by atoms with van der Waals surface area (Å²) in [4.78, 5) is 16.4. The van der Waals surface area contributed by atoms with Crippen LogP contribution in [0.1, 0.15) is 0 Å². The van der Waals surface area contributed by atoms with Crippen LogP contribution < -0.4 is 5.32 Å². The van der Waals surface area contributed by atoms with Crippen LogP contribution in [-0.2, 0) is 4.79 Å². The van der Waals surface area contributed by atoms with E-state index >= 15 is 0 Å². The molecule has 2 aromatic carbocycles. The quantitative estimate of drug-likeness (QED) is 0.704. The zero-order chi connectivity index (χ0) is 14.7. The van der Waals surface area contributed by atoms with E-state index in [4.69, 9.17) is 11.6 Å². The van der Waals surface area contributed by atoms with Gasteiger partial charge in [0.15, 0.2) is 4.34 Å². The number of thiazole rings is 1. The zero-order valence-electron chi connectivity index (χ0n) is 10.9. The Kier molecular flexibility index (Phi) is 4.43. The maximum atomic E-state index is 11.9. The third-order valence-corrected chi connectivity index (χ3v) is 5.16. The second-order valence-corrected chi connectivity index (χ2v) is 6.98. The van der Waals surface area contributed by atoms with E-state index in [1.165, 1.54) is 11.8 Å². The van der Waals surface area contributed by atoms with Crippen molar-refractivity contribution in [1.82, 2.24) is 4.98 Å². The van der Waals surface area contributed by atoms with Gasteiger partial charge in [0, 0.05) is 10.7 Å². The molecule has 106 valence electrons. The smallest absolute Gasteiger partial charge is 0.234 e. The van der Waals surface area contributed by atoms with Crippen molar-refractivity contribution in [2.75, 3.05) is 11.1 Å². The molecule has 0 unspecified atom stereocenters. The van der Waals surface area contributed by atoms with E-state index in [9.17, 15) is 4.79 Å². The summed E-state index contributed by atoms with van der Waals surface area (Å²) >= 11 is 8.85. The Morgan fingerprint density at radius 2 is 1.95 bits per heavy atom. The first-order valence-electron chi connectivity index (χ1n) is 6.24. The van der Waals surface area contributed by atoms with Gasteiger partial charge in [-0.15, -0.1) is 11.3 Å². The molecule has 0 fully saturated rings. The average Bonchev–Trinajstić information content (AvgIpc) is 2.90. The fraction of sp³-hybridized carbons (Fsp3) is 0.0667. The van der Waals surface area contributed by atoms with Gasteiger partial charge in [-0.2, -0.15) is 0 Å². The SMILES string of the molecule is O=C(CSc1nc2ccccc2s1)Nc1ccc(Cl)cc1. The number of hydrogen-bond acceptors (Lipinski definition) is 4. The van der Waals surface area contributed by atoms with Crippen molar-refractivity contribution < 1.29 is 4.79 Å². The molecule has 0 bridgehead atoms. The second kappa shape index (κ2) is 6.47. The molecule has 1 aromatic heterocycles. The molecule has 1 amide bonds. The van der Waals surface area contributed by atoms with Crippen LogP contribution in [0.15, 0.2) is 52.9 Å². The lowest BCUT2D eigenvalue weighted by Crippen LogP contribution is -2.13. The molecule has 6 heteroatoms. The number of thioether (sulfide) groups is 1. The first-order chi connectivity index (χ1) is 10.2. The van der Waals surface area contributed by atoms with Crippen LogP contribution in [0.4, 0.5) is 5.69 Å². The van der Waals surface area contributed by atoms with Crippen molar-refractivity contribution >= 4 is 56.5 Å². The van der Waals surface area contributed by atoms with Crippen LogP contribution in [0.25, 0.3) is 10.2 Å². The Hall–Kier alpha value is -1.56. The molecule has 0 radical (unpaired) electrons. The molecule has 0 spiro atoms. The summed E-state index contributed by atoms with van der Waals surface area (Å²) in [5.41, 5.74) is 1.72. The predicted molar refractivity (Wildman–Crippen MR) is 90.4 cm³/mol. The maximum Gasteiger partial charge on any atom is 0.234 e. The number of benzene rings is 2. The molecule has 0 aliphatic carbocycles. The van der Waals surface area contributed by atoms with Gasteiger partial charge >= 0.3 is 0 Å². The Morgan fingerprint density at radius 1 is 1.19 bits per heavy atom. The summed E-state index contributed by atoms with van der Waals surface area (Å²) in [6.07, 6.45) is 0. The largest absolute Gasteiger partial charge is 0.325 e. The van der Waals surface area contributed by atoms with Crippen molar-refractivity contribution in [1.29, 1.82) is 0 Å². The zero-order valence-corrected chi connectivity index (χ0v) is 13.3. The van der Waals surface area contributed by atoms with Crippen molar-refractivity contribution in [2.45, 2.75) is 4.34 Å². The number of nitrogens with zero attached hydrogens (tertiary/aromatic N) is 1. The molecule has 1 heterocycles. The normalized spacial score (nSPS) is 10.7. The minimum absolute atomic E-state index is 0.0541. The first kappa shape index (κ1) is 14.4. The molecule has 1 N–H and O–H groups in total. The molecular formula is C15H11ClN2OS2. The van der Waals surface area contributed by atoms with Crippen LogP contribution in [0.2, 0.25) is 5.02 Å². The minimum Gasteiger partial charge on any atom is -0.325 e. The predicted octanol–water partition coefficient (Wildman–Crippen LogP) is 4.68. The number of rotatable bonds is 4. The average molecular weight is 335 g/mol. The van der Waals surface area contributed by atoms with Crippen LogP contribution in [0.5, 0.6) is 0 Å². The first-order valence-corrected chi connectivity index (χ1v) is 8.42. The maximum absolute atomic E-state index is 11.9. The lowest BCUT2D eigenvalue weighted by atomic mass is 10.3. The van der Waals surface area contributed by atoms with E-state index in [1.807, 2.05) is 24.3 Å². The Labute approximate surface area is 135 Å². The number of anilines is 1. The number of amides is 1. The molecule has 0 aliphatic heterocycles. The van der Waals surface area contributed by atoms with Crippen LogP contribution >= 0.6 is 34.7 Å². The van der Waals surface area contributed by atoms with Crippen molar-refractivity contribution in [3.05, 3.63) is 53.6 Å². The van der Waals surface area contributed by atoms with Crippen molar-refractivity contribution in [3.63, 3.8) is 0 Å². The van der Waals surface area contributed by atoms with Gasteiger partial charge in [-0.3, -0.25) is 4.79 Å². The molecule has 3 rings (SSSR count). The number of para-hydroxylation sites is 1. The third kappa shape index (κ3) is 3.75. The topological polar surface area (TPSA) is 42.0 Å². The Morgan fingerprint density at radius 3 is 2.71 bits per heavy atom. The van der Waals surface area contributed by atoms with E-state index in [2.05, 4.69) is 10.3 Å². The lowest BCUT2D eigenvalue weighted by molar-refractivity contribution is -0.113. The number of nitrogens with one attached hydrogen (secondary N) is 1. The number of carbonyl (C=O) groups excluding carboxylic acids is 1. The second-order valence-electron chi connectivity index (χ2n) is 4.29. The molecule has 0 atom stereocenters. The van der Waals surface area contributed by atoms with E-state index in [1.54, 1.807) is 35.6 Å². The van der Waals surface area contributed by atoms with E-state index < -0.39 is 0 Å². The molecule has 0 saturated carbocycles. The highest BCUT2D eigenvalue weighted by atomic mass is 35.5. The Bertz CT molecular complexity index is 738. The summed E-state index contributed by atoms with van der Waals surface area (Å²) in [5.74, 6) is 0.282. The molecule has 0 saturated heterocycles. The molecule has 21 heavy (non-hydrogen) atoms. The van der Waals surface area contributed by atoms with Gasteiger partial charge in [-0.1, -0.05) is 35.5 Å². The summed E-state index contributed by atoms with van der Waals surface area (Å²) in [5, 5.41) is 3.48. The minimum atomic E-state index is -0.0541. The standard InChI is InChI=1S/C15H11ClN2OS2/c16-10-5-7-11(8-6-10)17-14(19)9-20-15-18-12-3-1-2-4-13(12)21-15/h1-8H,9H2,(H,17,19). The monoisotopic (exact) mass is 334 g/mol. The number of aromatic nitrogens is 1. The lowest BCUT2D eigenvalue weighted by Gasteiger charge is -2.03. The van der Waals surface area contributed by atoms with Gasteiger partial charge in [-0.05, 0) is 36.4 Å². The summed E-state index contributed by atoms with van der Waals surface area (Å²) in [6, 6.07) is 15.0. The van der Waals surface area contributed by atoms with Gasteiger partial charge in [-0.25, -0.2) is 4.98 Å². The van der Waals surface area contributed by atoms with Gasteiger partial charge in [0.2, 0.25) is 5.91 Å². The van der Waals surface area contributed by atoms with Gasteiger partial charge in [0.25, 0.3) is 0 Å². The van der Waals surface area contributed by atoms with E-state index in [-0.39, 0.29) is 5.91 Å². The highest BCUT2D eigenvalue weighted by Crippen LogP contribution is 2.29.